The zero-order valence-electron chi connectivity index (χ0n) is 14.8. The van der Waals surface area contributed by atoms with Gasteiger partial charge in [-0.15, -0.1) is 0 Å². The van der Waals surface area contributed by atoms with Crippen molar-refractivity contribution in [3.8, 4) is 0 Å². The van der Waals surface area contributed by atoms with Gasteiger partial charge in [-0.3, -0.25) is 4.79 Å². The highest BCUT2D eigenvalue weighted by molar-refractivity contribution is 5.97. The first-order valence-corrected chi connectivity index (χ1v) is 8.78. The third-order valence-electron chi connectivity index (χ3n) is 7.19. The van der Waals surface area contributed by atoms with Crippen LogP contribution < -0.4 is 0 Å². The van der Waals surface area contributed by atoms with E-state index in [1.54, 1.807) is 6.42 Å². The Bertz CT molecular complexity index is 621. The summed E-state index contributed by atoms with van der Waals surface area (Å²) >= 11 is 0. The van der Waals surface area contributed by atoms with Crippen molar-refractivity contribution in [1.29, 1.82) is 0 Å². The second kappa shape index (κ2) is 4.93. The number of Topliss-reactive ketones (excluding diaryl/α,β-unsaturated/α-hetero) is 1. The van der Waals surface area contributed by atoms with E-state index in [0.29, 0.717) is 19.4 Å². The minimum atomic E-state index is -1.05. The van der Waals surface area contributed by atoms with Gasteiger partial charge in [-0.25, -0.2) is 0 Å². The lowest BCUT2D eigenvalue weighted by Crippen LogP contribution is -2.65. The molecule has 2 saturated carbocycles. The van der Waals surface area contributed by atoms with Crippen LogP contribution in [0.3, 0.4) is 0 Å². The number of hydrogen-bond acceptors (Lipinski definition) is 4. The van der Waals surface area contributed by atoms with Gasteiger partial charge in [-0.1, -0.05) is 25.0 Å². The molecule has 1 unspecified atom stereocenters. The maximum atomic E-state index is 13.2. The Morgan fingerprint density at radius 2 is 2.00 bits per heavy atom. The average molecular weight is 330 g/mol. The summed E-state index contributed by atoms with van der Waals surface area (Å²) in [7, 11) is 0. The van der Waals surface area contributed by atoms with Crippen LogP contribution >= 0.6 is 0 Å². The van der Waals surface area contributed by atoms with E-state index in [2.05, 4.69) is 0 Å². The van der Waals surface area contributed by atoms with Gasteiger partial charge in [0.2, 0.25) is 0 Å². The number of aliphatic hydroxyl groups is 2. The molecule has 130 valence electrons. The van der Waals surface area contributed by atoms with Crippen LogP contribution in [0.15, 0.2) is 11.1 Å². The number of carbonyl (C=O) groups is 1. The van der Waals surface area contributed by atoms with E-state index in [9.17, 15) is 15.0 Å². The van der Waals surface area contributed by atoms with Gasteiger partial charge in [-0.05, 0) is 39.0 Å². The maximum absolute atomic E-state index is 13.2. The van der Waals surface area contributed by atoms with E-state index in [1.165, 1.54) is 0 Å². The smallest absolute Gasteiger partial charge is 0.149 e. The number of allylic oxidation sites excluding steroid dienone is 1. The Balaban J connectivity index is 1.85. The molecule has 1 heterocycles. The predicted molar refractivity (Wildman–Crippen MR) is 89.2 cm³/mol. The second-order valence-electron chi connectivity index (χ2n) is 8.62. The highest BCUT2D eigenvalue weighted by Crippen LogP contribution is 2.60. The van der Waals surface area contributed by atoms with Crippen molar-refractivity contribution < 1.29 is 19.7 Å². The van der Waals surface area contributed by atoms with Crippen molar-refractivity contribution in [1.82, 2.24) is 0 Å². The topological polar surface area (TPSA) is 66.8 Å². The Labute approximate surface area is 144 Å². The first kappa shape index (κ1) is 16.7. The molecule has 0 spiro atoms. The molecule has 4 radical (unpaired) electrons. The number of fused-ring (bicyclic) bond motifs is 5. The van der Waals surface area contributed by atoms with Crippen LogP contribution in [0.25, 0.3) is 0 Å². The van der Waals surface area contributed by atoms with Crippen molar-refractivity contribution >= 4 is 5.78 Å². The second-order valence-corrected chi connectivity index (χ2v) is 8.62. The average Bonchev–Trinajstić information content (AvgIpc) is 2.48. The predicted octanol–water partition coefficient (Wildman–Crippen LogP) is 2.02. The van der Waals surface area contributed by atoms with Crippen LogP contribution in [-0.4, -0.2) is 40.4 Å². The van der Waals surface area contributed by atoms with Crippen LogP contribution in [0, 0.1) is 41.9 Å². The van der Waals surface area contributed by atoms with E-state index >= 15 is 0 Å². The quantitative estimate of drug-likeness (QED) is 0.713. The fourth-order valence-electron chi connectivity index (χ4n) is 4.98. The maximum Gasteiger partial charge on any atom is 0.149 e. The number of ether oxygens (including phenoxy) is 1. The number of ketones is 1. The molecule has 1 saturated heterocycles. The van der Waals surface area contributed by atoms with Gasteiger partial charge in [0.15, 0.2) is 0 Å². The largest absolute Gasteiger partial charge is 0.392 e. The molecule has 4 heteroatoms. The third kappa shape index (κ3) is 1.88. The van der Waals surface area contributed by atoms with E-state index < -0.39 is 22.5 Å². The number of rotatable bonds is 0. The normalized spacial score (nSPS) is 48.1. The summed E-state index contributed by atoms with van der Waals surface area (Å²) in [6.45, 7) is 8.35. The molecule has 24 heavy (non-hydrogen) atoms. The van der Waals surface area contributed by atoms with Crippen molar-refractivity contribution in [2.75, 3.05) is 6.61 Å². The standard InChI is InChI=1S/C20H26O4/c1-11-5-6-20(23)9-14-12-10-24-15(12)8-17(22)19(14,4)16(21)7-13(11)18(20,2)3/h5,7,9,14-15,17,22-23H,6,8,10H2,1-4H3/t14?,15-,17+,19-,20-/m1/s1. The van der Waals surface area contributed by atoms with Crippen molar-refractivity contribution in [3.05, 3.63) is 36.3 Å². The van der Waals surface area contributed by atoms with Gasteiger partial charge in [-0.2, -0.15) is 0 Å². The molecular formula is C20H26O4. The summed E-state index contributed by atoms with van der Waals surface area (Å²) in [4.78, 5) is 13.2. The summed E-state index contributed by atoms with van der Waals surface area (Å²) in [5.74, 6) is 0.832. The lowest BCUT2D eigenvalue weighted by molar-refractivity contribution is -0.167. The van der Waals surface area contributed by atoms with Crippen LogP contribution in [0.2, 0.25) is 0 Å². The van der Waals surface area contributed by atoms with Gasteiger partial charge in [0.25, 0.3) is 0 Å². The SMILES string of the molecule is CC1=C2[CH]C(=O)[C@@]3(C)C([CH][C@](O)(C[CH]1)C2(C)C)[C]1CO[C@@H]1C[C@@H]3O. The molecule has 4 rings (SSSR count). The summed E-state index contributed by atoms with van der Waals surface area (Å²) in [6, 6.07) is 0. The molecule has 0 amide bonds. The monoisotopic (exact) mass is 330 g/mol. The Morgan fingerprint density at radius 3 is 2.62 bits per heavy atom. The summed E-state index contributed by atoms with van der Waals surface area (Å²) in [6.07, 6.45) is 5.76. The van der Waals surface area contributed by atoms with E-state index in [0.717, 1.165) is 17.1 Å². The minimum Gasteiger partial charge on any atom is -0.392 e. The van der Waals surface area contributed by atoms with E-state index in [-0.39, 0.29) is 17.8 Å². The van der Waals surface area contributed by atoms with Gasteiger partial charge >= 0.3 is 0 Å². The molecule has 4 aliphatic rings. The van der Waals surface area contributed by atoms with E-state index in [1.807, 2.05) is 40.5 Å². The molecule has 3 aliphatic carbocycles. The first-order chi connectivity index (χ1) is 11.1. The molecule has 4 nitrogen and oxygen atoms in total. The van der Waals surface area contributed by atoms with Crippen LogP contribution in [0.5, 0.6) is 0 Å². The summed E-state index contributed by atoms with van der Waals surface area (Å²) in [5.41, 5.74) is -0.609. The highest BCUT2D eigenvalue weighted by atomic mass is 16.5. The molecule has 5 atom stereocenters. The Hall–Kier alpha value is -0.710. The molecule has 0 aromatic carbocycles. The van der Waals surface area contributed by atoms with E-state index in [4.69, 9.17) is 4.74 Å². The van der Waals surface area contributed by atoms with Crippen molar-refractivity contribution in [2.45, 2.75) is 58.3 Å². The molecule has 3 fully saturated rings. The molecule has 0 aromatic heterocycles. The Kier molecular flexibility index (Phi) is 3.44. The first-order valence-electron chi connectivity index (χ1n) is 8.78. The summed E-state index contributed by atoms with van der Waals surface area (Å²) in [5, 5.41) is 22.3. The van der Waals surface area contributed by atoms with Gasteiger partial charge in [0.05, 0.1) is 36.3 Å². The number of hydrogen-bond donors (Lipinski definition) is 2. The molecule has 1 aliphatic heterocycles. The van der Waals surface area contributed by atoms with Crippen LogP contribution in [-0.2, 0) is 9.53 Å². The van der Waals surface area contributed by atoms with Crippen molar-refractivity contribution in [2.24, 2.45) is 16.7 Å². The third-order valence-corrected chi connectivity index (χ3v) is 7.19. The molecule has 2 bridgehead atoms. The summed E-state index contributed by atoms with van der Waals surface area (Å²) < 4.78 is 5.58. The lowest BCUT2D eigenvalue weighted by Gasteiger charge is -2.60. The van der Waals surface area contributed by atoms with Gasteiger partial charge in [0, 0.05) is 17.8 Å². The highest BCUT2D eigenvalue weighted by Gasteiger charge is 2.64. The fraction of sp³-hybridized carbons (Fsp3) is 0.650. The Morgan fingerprint density at radius 1 is 1.29 bits per heavy atom. The minimum absolute atomic E-state index is 0.0473. The molecule has 2 N–H and O–H groups in total. The molecule has 0 aromatic rings. The fourth-order valence-corrected chi connectivity index (χ4v) is 4.98. The van der Waals surface area contributed by atoms with Crippen LogP contribution in [0.4, 0.5) is 0 Å². The van der Waals surface area contributed by atoms with Gasteiger partial charge < -0.3 is 14.9 Å². The van der Waals surface area contributed by atoms with Gasteiger partial charge in [0.1, 0.15) is 5.78 Å². The number of aliphatic hydroxyl groups excluding tert-OH is 1. The lowest BCUT2D eigenvalue weighted by atomic mass is 9.48. The molecular weight excluding hydrogens is 304 g/mol. The zero-order valence-corrected chi connectivity index (χ0v) is 14.8. The number of carbonyl (C=O) groups excluding carboxylic acids is 1. The van der Waals surface area contributed by atoms with Crippen LogP contribution in [0.1, 0.15) is 40.5 Å². The zero-order chi connectivity index (χ0) is 17.5. The van der Waals surface area contributed by atoms with Crippen molar-refractivity contribution in [3.63, 3.8) is 0 Å².